The van der Waals surface area contributed by atoms with Crippen LogP contribution in [0.2, 0.25) is 0 Å². The van der Waals surface area contributed by atoms with Crippen LogP contribution in [0.3, 0.4) is 0 Å². The van der Waals surface area contributed by atoms with E-state index in [2.05, 4.69) is 26.1 Å². The smallest absolute Gasteiger partial charge is 0.151 e. The number of hydrogen-bond donors (Lipinski definition) is 1. The zero-order valence-corrected chi connectivity index (χ0v) is 10.2. The summed E-state index contributed by atoms with van der Waals surface area (Å²) in [4.78, 5) is 0. The molecule has 0 aliphatic carbocycles. The fraction of sp³-hybridized carbons (Fsp3) is 1.00. The summed E-state index contributed by atoms with van der Waals surface area (Å²) < 4.78 is 22.5. The molecular weight excluding hydrogens is 198 g/mol. The molecule has 0 aromatic heterocycles. The lowest BCUT2D eigenvalue weighted by Crippen LogP contribution is -2.46. The molecule has 1 N–H and O–H groups in total. The van der Waals surface area contributed by atoms with Crippen LogP contribution in [0.4, 0.5) is 0 Å². The topological polar surface area (TPSA) is 46.2 Å². The van der Waals surface area contributed by atoms with E-state index >= 15 is 0 Å². The van der Waals surface area contributed by atoms with Crippen LogP contribution in [0.25, 0.3) is 0 Å². The van der Waals surface area contributed by atoms with Gasteiger partial charge < -0.3 is 5.32 Å². The SMILES string of the molecule is CCCC(C)(C)NC1CCS(=O)(=O)C1. The van der Waals surface area contributed by atoms with Gasteiger partial charge in [-0.05, 0) is 26.7 Å². The molecule has 0 amide bonds. The van der Waals surface area contributed by atoms with Gasteiger partial charge in [0, 0.05) is 11.6 Å². The minimum absolute atomic E-state index is 0.0687. The highest BCUT2D eigenvalue weighted by molar-refractivity contribution is 7.91. The molecule has 1 heterocycles. The highest BCUT2D eigenvalue weighted by Gasteiger charge is 2.31. The first-order valence-corrected chi connectivity index (χ1v) is 7.15. The van der Waals surface area contributed by atoms with Gasteiger partial charge in [-0.25, -0.2) is 8.42 Å². The first-order valence-electron chi connectivity index (χ1n) is 5.33. The lowest BCUT2D eigenvalue weighted by Gasteiger charge is -2.29. The van der Waals surface area contributed by atoms with Crippen molar-refractivity contribution in [3.8, 4) is 0 Å². The van der Waals surface area contributed by atoms with Crippen molar-refractivity contribution >= 4 is 9.84 Å². The number of rotatable bonds is 4. The summed E-state index contributed by atoms with van der Waals surface area (Å²) >= 11 is 0. The molecule has 0 spiro atoms. The highest BCUT2D eigenvalue weighted by atomic mass is 32.2. The van der Waals surface area contributed by atoms with E-state index in [0.717, 1.165) is 19.3 Å². The third-order valence-electron chi connectivity index (χ3n) is 2.70. The fourth-order valence-electron chi connectivity index (χ4n) is 2.16. The van der Waals surface area contributed by atoms with E-state index in [1.165, 1.54) is 0 Å². The average molecular weight is 219 g/mol. The lowest BCUT2D eigenvalue weighted by molar-refractivity contribution is 0.323. The molecule has 14 heavy (non-hydrogen) atoms. The maximum absolute atomic E-state index is 11.2. The Kier molecular flexibility index (Phi) is 3.58. The molecule has 1 saturated heterocycles. The highest BCUT2D eigenvalue weighted by Crippen LogP contribution is 2.17. The molecule has 1 fully saturated rings. The second-order valence-corrected chi connectivity index (χ2v) is 7.11. The van der Waals surface area contributed by atoms with E-state index in [9.17, 15) is 8.42 Å². The zero-order chi connectivity index (χ0) is 10.8. The fourth-order valence-corrected chi connectivity index (χ4v) is 3.83. The van der Waals surface area contributed by atoms with Gasteiger partial charge in [0.25, 0.3) is 0 Å². The summed E-state index contributed by atoms with van der Waals surface area (Å²) in [7, 11) is -2.75. The number of nitrogens with one attached hydrogen (secondary N) is 1. The monoisotopic (exact) mass is 219 g/mol. The molecule has 0 radical (unpaired) electrons. The van der Waals surface area contributed by atoms with Crippen LogP contribution in [0.5, 0.6) is 0 Å². The predicted molar refractivity (Wildman–Crippen MR) is 59.2 cm³/mol. The van der Waals surface area contributed by atoms with Gasteiger partial charge in [-0.15, -0.1) is 0 Å². The van der Waals surface area contributed by atoms with E-state index in [1.807, 2.05) is 0 Å². The first kappa shape index (κ1) is 12.0. The minimum Gasteiger partial charge on any atom is -0.308 e. The van der Waals surface area contributed by atoms with Crippen molar-refractivity contribution < 1.29 is 8.42 Å². The van der Waals surface area contributed by atoms with E-state index in [4.69, 9.17) is 0 Å². The third-order valence-corrected chi connectivity index (χ3v) is 4.47. The summed E-state index contributed by atoms with van der Waals surface area (Å²) in [6.45, 7) is 6.43. The van der Waals surface area contributed by atoms with E-state index < -0.39 is 9.84 Å². The number of hydrogen-bond acceptors (Lipinski definition) is 3. The van der Waals surface area contributed by atoms with Crippen molar-refractivity contribution in [3.05, 3.63) is 0 Å². The molecule has 1 rings (SSSR count). The molecule has 0 bridgehead atoms. The summed E-state index contributed by atoms with van der Waals surface area (Å²) in [6, 6.07) is 0.168. The molecular formula is C10H21NO2S. The lowest BCUT2D eigenvalue weighted by atomic mass is 9.97. The van der Waals surface area contributed by atoms with Gasteiger partial charge in [-0.1, -0.05) is 13.3 Å². The molecule has 1 unspecified atom stereocenters. The van der Waals surface area contributed by atoms with Crippen LogP contribution in [-0.2, 0) is 9.84 Å². The maximum atomic E-state index is 11.2. The van der Waals surface area contributed by atoms with Gasteiger partial charge in [-0.3, -0.25) is 0 Å². The predicted octanol–water partition coefficient (Wildman–Crippen LogP) is 1.34. The van der Waals surface area contributed by atoms with Crippen molar-refractivity contribution in [1.29, 1.82) is 0 Å². The Bertz CT molecular complexity index is 282. The standard InChI is InChI=1S/C10H21NO2S/c1-4-6-10(2,3)11-9-5-7-14(12,13)8-9/h9,11H,4-8H2,1-3H3. The van der Waals surface area contributed by atoms with E-state index in [0.29, 0.717) is 11.5 Å². The quantitative estimate of drug-likeness (QED) is 0.776. The average Bonchev–Trinajstić information content (AvgIpc) is 2.28. The van der Waals surface area contributed by atoms with Gasteiger partial charge in [0.15, 0.2) is 9.84 Å². The molecule has 1 aliphatic rings. The maximum Gasteiger partial charge on any atom is 0.151 e. The molecule has 1 atom stereocenters. The van der Waals surface area contributed by atoms with Crippen molar-refractivity contribution in [1.82, 2.24) is 5.32 Å². The summed E-state index contributed by atoms with van der Waals surface area (Å²) in [5.74, 6) is 0.674. The summed E-state index contributed by atoms with van der Waals surface area (Å²) in [5, 5.41) is 3.43. The summed E-state index contributed by atoms with van der Waals surface area (Å²) in [5.41, 5.74) is 0.0687. The Morgan fingerprint density at radius 3 is 2.50 bits per heavy atom. The largest absolute Gasteiger partial charge is 0.308 e. The van der Waals surface area contributed by atoms with Gasteiger partial charge in [-0.2, -0.15) is 0 Å². The first-order chi connectivity index (χ1) is 6.35. The Balaban J connectivity index is 2.46. The van der Waals surface area contributed by atoms with Crippen LogP contribution in [-0.4, -0.2) is 31.5 Å². The molecule has 0 saturated carbocycles. The molecule has 1 aliphatic heterocycles. The molecule has 84 valence electrons. The van der Waals surface area contributed by atoms with E-state index in [1.54, 1.807) is 0 Å². The van der Waals surface area contributed by atoms with Gasteiger partial charge in [0.2, 0.25) is 0 Å². The van der Waals surface area contributed by atoms with E-state index in [-0.39, 0.29) is 11.6 Å². The number of sulfone groups is 1. The molecule has 3 nitrogen and oxygen atoms in total. The van der Waals surface area contributed by atoms with Crippen molar-refractivity contribution in [2.75, 3.05) is 11.5 Å². The zero-order valence-electron chi connectivity index (χ0n) is 9.34. The second kappa shape index (κ2) is 4.19. The van der Waals surface area contributed by atoms with Crippen molar-refractivity contribution in [2.24, 2.45) is 0 Å². The summed E-state index contributed by atoms with van der Waals surface area (Å²) in [6.07, 6.45) is 2.98. The van der Waals surface area contributed by atoms with Gasteiger partial charge in [0.1, 0.15) is 0 Å². The molecule has 4 heteroatoms. The molecule has 0 aromatic carbocycles. The normalized spacial score (nSPS) is 26.6. The van der Waals surface area contributed by atoms with Crippen LogP contribution in [0.15, 0.2) is 0 Å². The van der Waals surface area contributed by atoms with Crippen molar-refractivity contribution in [2.45, 2.75) is 51.6 Å². The second-order valence-electron chi connectivity index (χ2n) is 4.88. The van der Waals surface area contributed by atoms with Crippen LogP contribution < -0.4 is 5.32 Å². The van der Waals surface area contributed by atoms with Crippen LogP contribution in [0, 0.1) is 0 Å². The minimum atomic E-state index is -2.75. The Hall–Kier alpha value is -0.0900. The van der Waals surface area contributed by atoms with Crippen LogP contribution in [0.1, 0.15) is 40.0 Å². The Labute approximate surface area is 87.2 Å². The van der Waals surface area contributed by atoms with Gasteiger partial charge >= 0.3 is 0 Å². The van der Waals surface area contributed by atoms with Gasteiger partial charge in [0.05, 0.1) is 11.5 Å². The molecule has 0 aromatic rings. The Morgan fingerprint density at radius 2 is 2.07 bits per heavy atom. The Morgan fingerprint density at radius 1 is 1.43 bits per heavy atom. The van der Waals surface area contributed by atoms with Crippen molar-refractivity contribution in [3.63, 3.8) is 0 Å². The van der Waals surface area contributed by atoms with Crippen LogP contribution >= 0.6 is 0 Å². The third kappa shape index (κ3) is 3.58.